The summed E-state index contributed by atoms with van der Waals surface area (Å²) in [6.45, 7) is 0.273. The van der Waals surface area contributed by atoms with Crippen molar-refractivity contribution >= 4 is 45.0 Å². The first-order valence-corrected chi connectivity index (χ1v) is 9.98. The van der Waals surface area contributed by atoms with Crippen LogP contribution in [0, 0.1) is 0 Å². The number of hydrogen-bond donors (Lipinski definition) is 2. The Hall–Kier alpha value is -2.83. The summed E-state index contributed by atoms with van der Waals surface area (Å²) in [5, 5.41) is 5.99. The van der Waals surface area contributed by atoms with Crippen LogP contribution in [0.2, 0.25) is 5.02 Å². The van der Waals surface area contributed by atoms with Crippen LogP contribution < -0.4 is 15.4 Å². The van der Waals surface area contributed by atoms with Gasteiger partial charge in [-0.05, 0) is 48.0 Å². The smallest absolute Gasteiger partial charge is 0.262 e. The molecule has 0 spiro atoms. The van der Waals surface area contributed by atoms with Crippen LogP contribution in [0.1, 0.15) is 15.9 Å². The molecule has 0 unspecified atom stereocenters. The van der Waals surface area contributed by atoms with Gasteiger partial charge in [0.25, 0.3) is 11.8 Å². The Morgan fingerprint density at radius 3 is 2.38 bits per heavy atom. The Bertz CT molecular complexity index is 995. The number of hydrogen-bond acceptors (Lipinski definition) is 3. The van der Waals surface area contributed by atoms with E-state index in [1.54, 1.807) is 42.5 Å². The molecule has 3 aromatic carbocycles. The summed E-state index contributed by atoms with van der Waals surface area (Å²) in [5.41, 5.74) is 2.10. The van der Waals surface area contributed by atoms with Gasteiger partial charge in [0.1, 0.15) is 5.75 Å². The molecule has 0 heterocycles. The van der Waals surface area contributed by atoms with E-state index in [0.717, 1.165) is 10.0 Å². The number of nitrogens with one attached hydrogen (secondary N) is 2. The van der Waals surface area contributed by atoms with Gasteiger partial charge in [0.2, 0.25) is 0 Å². The summed E-state index contributed by atoms with van der Waals surface area (Å²) in [4.78, 5) is 24.3. The van der Waals surface area contributed by atoms with Crippen LogP contribution in [0.5, 0.6) is 5.75 Å². The average Bonchev–Trinajstić information content (AvgIpc) is 2.72. The number of halogens is 2. The highest BCUT2D eigenvalue weighted by Gasteiger charge is 2.09. The van der Waals surface area contributed by atoms with Crippen molar-refractivity contribution in [3.8, 4) is 5.75 Å². The van der Waals surface area contributed by atoms with Gasteiger partial charge in [-0.25, -0.2) is 0 Å². The fourth-order valence-corrected chi connectivity index (χ4v) is 3.25. The highest BCUT2D eigenvalue weighted by molar-refractivity contribution is 9.10. The van der Waals surface area contributed by atoms with Gasteiger partial charge in [-0.15, -0.1) is 0 Å². The average molecular weight is 474 g/mol. The summed E-state index contributed by atoms with van der Waals surface area (Å²) in [5.74, 6) is -0.0827. The summed E-state index contributed by atoms with van der Waals surface area (Å²) < 4.78 is 6.26. The molecule has 5 nitrogen and oxygen atoms in total. The first-order chi connectivity index (χ1) is 14.0. The largest absolute Gasteiger partial charge is 0.482 e. The van der Waals surface area contributed by atoms with E-state index < -0.39 is 0 Å². The highest BCUT2D eigenvalue weighted by Crippen LogP contribution is 2.27. The van der Waals surface area contributed by atoms with Crippen molar-refractivity contribution in [1.29, 1.82) is 0 Å². The van der Waals surface area contributed by atoms with Gasteiger partial charge in [0.05, 0.1) is 5.02 Å². The van der Waals surface area contributed by atoms with Gasteiger partial charge in [0, 0.05) is 22.3 Å². The van der Waals surface area contributed by atoms with Crippen LogP contribution in [0.4, 0.5) is 5.69 Å². The SMILES string of the molecule is O=C(COc1ccc(Br)cc1Cl)Nc1ccc(C(=O)NCc2ccccc2)cc1. The van der Waals surface area contributed by atoms with Crippen molar-refractivity contribution in [2.24, 2.45) is 0 Å². The fourth-order valence-electron chi connectivity index (χ4n) is 2.52. The molecule has 0 radical (unpaired) electrons. The van der Waals surface area contributed by atoms with Crippen molar-refractivity contribution in [2.45, 2.75) is 6.54 Å². The van der Waals surface area contributed by atoms with Crippen molar-refractivity contribution in [2.75, 3.05) is 11.9 Å². The summed E-state index contributed by atoms with van der Waals surface area (Å²) in [7, 11) is 0. The van der Waals surface area contributed by atoms with E-state index in [-0.39, 0.29) is 18.4 Å². The number of rotatable bonds is 7. The van der Waals surface area contributed by atoms with E-state index in [9.17, 15) is 9.59 Å². The lowest BCUT2D eigenvalue weighted by atomic mass is 10.1. The van der Waals surface area contributed by atoms with Crippen molar-refractivity contribution in [3.05, 3.63) is 93.4 Å². The Morgan fingerprint density at radius 1 is 0.966 bits per heavy atom. The molecule has 2 N–H and O–H groups in total. The predicted octanol–water partition coefficient (Wildman–Crippen LogP) is 5.05. The topological polar surface area (TPSA) is 67.4 Å². The third-order valence-corrected chi connectivity index (χ3v) is 4.77. The van der Waals surface area contributed by atoms with Crippen LogP contribution in [0.25, 0.3) is 0 Å². The van der Waals surface area contributed by atoms with Crippen LogP contribution >= 0.6 is 27.5 Å². The summed E-state index contributed by atoms with van der Waals surface area (Å²) in [6.07, 6.45) is 0. The number of anilines is 1. The Morgan fingerprint density at radius 2 is 1.69 bits per heavy atom. The maximum Gasteiger partial charge on any atom is 0.262 e. The van der Waals surface area contributed by atoms with Crippen LogP contribution in [-0.4, -0.2) is 18.4 Å². The zero-order chi connectivity index (χ0) is 20.6. The molecule has 0 aromatic heterocycles. The van der Waals surface area contributed by atoms with E-state index in [2.05, 4.69) is 26.6 Å². The first kappa shape index (κ1) is 20.9. The molecule has 7 heteroatoms. The van der Waals surface area contributed by atoms with Crippen LogP contribution in [0.15, 0.2) is 77.3 Å². The molecule has 0 saturated heterocycles. The second-order valence-electron chi connectivity index (χ2n) is 6.16. The monoisotopic (exact) mass is 472 g/mol. The summed E-state index contributed by atoms with van der Waals surface area (Å²) in [6, 6.07) is 21.5. The lowest BCUT2D eigenvalue weighted by molar-refractivity contribution is -0.118. The molecule has 29 heavy (non-hydrogen) atoms. The standard InChI is InChI=1S/C22H18BrClN2O3/c23-17-8-11-20(19(24)12-17)29-14-21(27)26-18-9-6-16(7-10-18)22(28)25-13-15-4-2-1-3-5-15/h1-12H,13-14H2,(H,25,28)(H,26,27). The zero-order valence-corrected chi connectivity index (χ0v) is 17.7. The number of ether oxygens (including phenoxy) is 1. The molecule has 148 valence electrons. The number of benzene rings is 3. The normalized spacial score (nSPS) is 10.3. The molecule has 0 aliphatic rings. The van der Waals surface area contributed by atoms with Gasteiger partial charge in [-0.1, -0.05) is 57.9 Å². The van der Waals surface area contributed by atoms with E-state index in [4.69, 9.17) is 16.3 Å². The lowest BCUT2D eigenvalue weighted by Crippen LogP contribution is -2.23. The van der Waals surface area contributed by atoms with Crippen LogP contribution in [0.3, 0.4) is 0 Å². The molecule has 0 aliphatic carbocycles. The Balaban J connectivity index is 1.49. The minimum atomic E-state index is -0.328. The third-order valence-electron chi connectivity index (χ3n) is 3.98. The predicted molar refractivity (Wildman–Crippen MR) is 117 cm³/mol. The zero-order valence-electron chi connectivity index (χ0n) is 15.3. The van der Waals surface area contributed by atoms with E-state index in [1.165, 1.54) is 0 Å². The molecule has 0 fully saturated rings. The summed E-state index contributed by atoms with van der Waals surface area (Å²) >= 11 is 9.37. The first-order valence-electron chi connectivity index (χ1n) is 8.81. The van der Waals surface area contributed by atoms with E-state index in [1.807, 2.05) is 30.3 Å². The molecular formula is C22H18BrClN2O3. The molecule has 0 atom stereocenters. The van der Waals surface area contributed by atoms with Crippen molar-refractivity contribution < 1.29 is 14.3 Å². The Kier molecular flexibility index (Phi) is 7.27. The molecular weight excluding hydrogens is 456 g/mol. The van der Waals surface area contributed by atoms with Gasteiger partial charge in [-0.3, -0.25) is 9.59 Å². The fraction of sp³-hybridized carbons (Fsp3) is 0.0909. The number of amides is 2. The maximum atomic E-state index is 12.2. The second-order valence-corrected chi connectivity index (χ2v) is 7.48. The molecule has 0 saturated carbocycles. The van der Waals surface area contributed by atoms with E-state index >= 15 is 0 Å². The molecule has 0 aliphatic heterocycles. The number of carbonyl (C=O) groups excluding carboxylic acids is 2. The lowest BCUT2D eigenvalue weighted by Gasteiger charge is -2.10. The quantitative estimate of drug-likeness (QED) is 0.505. The minimum absolute atomic E-state index is 0.180. The highest BCUT2D eigenvalue weighted by atomic mass is 79.9. The molecule has 2 amide bonds. The van der Waals surface area contributed by atoms with Gasteiger partial charge >= 0.3 is 0 Å². The molecule has 3 rings (SSSR count). The van der Waals surface area contributed by atoms with Crippen molar-refractivity contribution in [3.63, 3.8) is 0 Å². The molecule has 0 bridgehead atoms. The van der Waals surface area contributed by atoms with Crippen LogP contribution in [-0.2, 0) is 11.3 Å². The minimum Gasteiger partial charge on any atom is -0.482 e. The second kappa shape index (κ2) is 10.1. The third kappa shape index (κ3) is 6.34. The van der Waals surface area contributed by atoms with Gasteiger partial charge < -0.3 is 15.4 Å². The maximum absolute atomic E-state index is 12.2. The number of carbonyl (C=O) groups is 2. The molecule has 3 aromatic rings. The van der Waals surface area contributed by atoms with Crippen molar-refractivity contribution in [1.82, 2.24) is 5.32 Å². The van der Waals surface area contributed by atoms with Gasteiger partial charge in [0.15, 0.2) is 6.61 Å². The Labute approximate surface area is 182 Å². The van der Waals surface area contributed by atoms with E-state index in [0.29, 0.717) is 28.6 Å². The van der Waals surface area contributed by atoms with Gasteiger partial charge in [-0.2, -0.15) is 0 Å².